The summed E-state index contributed by atoms with van der Waals surface area (Å²) in [6.45, 7) is 0.424. The number of urea groups is 1. The van der Waals surface area contributed by atoms with Crippen LogP contribution < -0.4 is 15.0 Å². The van der Waals surface area contributed by atoms with E-state index in [-0.39, 0.29) is 23.9 Å². The number of aryl methyl sites for hydroxylation is 1. The van der Waals surface area contributed by atoms with Gasteiger partial charge in [0.1, 0.15) is 17.5 Å². The lowest BCUT2D eigenvalue weighted by Crippen LogP contribution is -2.50. The van der Waals surface area contributed by atoms with Crippen LogP contribution in [-0.4, -0.2) is 53.1 Å². The molecule has 4 rings (SSSR count). The lowest BCUT2D eigenvalue weighted by Gasteiger charge is -2.32. The summed E-state index contributed by atoms with van der Waals surface area (Å²) in [5, 5.41) is 2.99. The molecule has 8 heteroatoms. The third kappa shape index (κ3) is 3.00. The number of benzene rings is 1. The minimum Gasteiger partial charge on any atom is -0.497 e. The van der Waals surface area contributed by atoms with Crippen molar-refractivity contribution in [1.82, 2.24) is 14.8 Å². The molecule has 8 nitrogen and oxygen atoms in total. The molecule has 2 fully saturated rings. The van der Waals surface area contributed by atoms with Gasteiger partial charge < -0.3 is 19.5 Å². The fourth-order valence-corrected chi connectivity index (χ4v) is 3.87. The highest BCUT2D eigenvalue weighted by molar-refractivity contribution is 6.21. The molecule has 0 bridgehead atoms. The summed E-state index contributed by atoms with van der Waals surface area (Å²) in [5.74, 6) is 0.138. The van der Waals surface area contributed by atoms with Gasteiger partial charge in [0.05, 0.1) is 12.8 Å². The molecule has 1 aromatic carbocycles. The summed E-state index contributed by atoms with van der Waals surface area (Å²) < 4.78 is 6.95. The van der Waals surface area contributed by atoms with Gasteiger partial charge in [0.15, 0.2) is 0 Å². The van der Waals surface area contributed by atoms with Crippen molar-refractivity contribution in [3.05, 3.63) is 48.3 Å². The second-order valence-corrected chi connectivity index (χ2v) is 7.07. The molecule has 4 amide bonds. The highest BCUT2D eigenvalue weighted by atomic mass is 16.5. The van der Waals surface area contributed by atoms with E-state index in [9.17, 15) is 14.4 Å². The van der Waals surface area contributed by atoms with Gasteiger partial charge >= 0.3 is 6.03 Å². The molecule has 2 aliphatic heterocycles. The van der Waals surface area contributed by atoms with E-state index < -0.39 is 6.04 Å². The Kier molecular flexibility index (Phi) is 4.54. The van der Waals surface area contributed by atoms with E-state index in [1.807, 2.05) is 19.3 Å². The molecule has 2 saturated heterocycles. The van der Waals surface area contributed by atoms with Crippen molar-refractivity contribution in [1.29, 1.82) is 0 Å². The van der Waals surface area contributed by atoms with Crippen LogP contribution in [0.5, 0.6) is 5.75 Å². The van der Waals surface area contributed by atoms with Crippen molar-refractivity contribution in [2.45, 2.75) is 24.9 Å². The van der Waals surface area contributed by atoms with E-state index in [4.69, 9.17) is 4.74 Å². The number of fused-ring (bicyclic) bond motifs is 1. The number of anilines is 1. The van der Waals surface area contributed by atoms with Crippen molar-refractivity contribution in [3.8, 4) is 5.75 Å². The topological polar surface area (TPSA) is 83.9 Å². The average Bonchev–Trinajstić information content (AvgIpc) is 3.23. The second-order valence-electron chi connectivity index (χ2n) is 7.07. The average molecular weight is 382 g/mol. The molecule has 0 spiro atoms. The van der Waals surface area contributed by atoms with Crippen molar-refractivity contribution < 1.29 is 19.1 Å². The van der Waals surface area contributed by atoms with Crippen LogP contribution in [0.25, 0.3) is 0 Å². The molecule has 2 unspecified atom stereocenters. The molecule has 1 N–H and O–H groups in total. The molecule has 2 aliphatic rings. The summed E-state index contributed by atoms with van der Waals surface area (Å²) in [5.41, 5.74) is 1.06. The highest BCUT2D eigenvalue weighted by Gasteiger charge is 2.48. The summed E-state index contributed by atoms with van der Waals surface area (Å²) >= 11 is 0. The van der Waals surface area contributed by atoms with E-state index in [1.54, 1.807) is 39.8 Å². The molecular formula is C20H22N4O4. The Labute approximate surface area is 162 Å². The summed E-state index contributed by atoms with van der Waals surface area (Å²) in [7, 11) is 3.35. The zero-order valence-corrected chi connectivity index (χ0v) is 15.8. The largest absolute Gasteiger partial charge is 0.497 e. The van der Waals surface area contributed by atoms with Gasteiger partial charge in [-0.2, -0.15) is 0 Å². The third-order valence-electron chi connectivity index (χ3n) is 5.37. The standard InChI is InChI=1S/C20H22N4O4/c1-22-9-4-7-16(22)18(25)21-13-8-10-23-17(11-13)19(26)24(20(23)27)14-5-3-6-15(12-14)28-2/h3-7,9,12-13,17H,8,10-11H2,1-2H3,(H,21,25). The molecular weight excluding hydrogens is 360 g/mol. The highest BCUT2D eigenvalue weighted by Crippen LogP contribution is 2.32. The minimum absolute atomic E-state index is 0.161. The van der Waals surface area contributed by atoms with Crippen molar-refractivity contribution in [2.24, 2.45) is 7.05 Å². The molecule has 0 aliphatic carbocycles. The van der Waals surface area contributed by atoms with E-state index in [1.165, 1.54) is 12.0 Å². The van der Waals surface area contributed by atoms with Gasteiger partial charge in [0, 0.05) is 31.9 Å². The first-order valence-electron chi connectivity index (χ1n) is 9.20. The monoisotopic (exact) mass is 382 g/mol. The molecule has 146 valence electrons. The summed E-state index contributed by atoms with van der Waals surface area (Å²) in [6.07, 6.45) is 2.82. The van der Waals surface area contributed by atoms with Crippen LogP contribution in [0.1, 0.15) is 23.3 Å². The molecule has 0 radical (unpaired) electrons. The minimum atomic E-state index is -0.564. The Hall–Kier alpha value is -3.29. The van der Waals surface area contributed by atoms with Gasteiger partial charge in [-0.25, -0.2) is 9.69 Å². The number of nitrogens with one attached hydrogen (secondary N) is 1. The van der Waals surface area contributed by atoms with E-state index >= 15 is 0 Å². The molecule has 2 atom stereocenters. The Morgan fingerprint density at radius 1 is 1.21 bits per heavy atom. The van der Waals surface area contributed by atoms with Crippen molar-refractivity contribution >= 4 is 23.5 Å². The lowest BCUT2D eigenvalue weighted by atomic mass is 9.98. The number of rotatable bonds is 4. The Morgan fingerprint density at radius 2 is 2.04 bits per heavy atom. The van der Waals surface area contributed by atoms with Gasteiger partial charge in [0.25, 0.3) is 11.8 Å². The number of methoxy groups -OCH3 is 1. The normalized spacial score (nSPS) is 21.6. The molecule has 0 saturated carbocycles. The summed E-state index contributed by atoms with van der Waals surface area (Å²) in [4.78, 5) is 41.0. The van der Waals surface area contributed by atoms with Crippen LogP contribution in [0, 0.1) is 0 Å². The number of nitrogens with zero attached hydrogens (tertiary/aromatic N) is 3. The first kappa shape index (κ1) is 18.1. The number of imide groups is 1. The number of piperidine rings is 1. The molecule has 1 aromatic heterocycles. The van der Waals surface area contributed by atoms with Gasteiger partial charge in [-0.1, -0.05) is 6.07 Å². The van der Waals surface area contributed by atoms with E-state index in [0.717, 1.165) is 0 Å². The third-order valence-corrected chi connectivity index (χ3v) is 5.37. The number of ether oxygens (including phenoxy) is 1. The van der Waals surface area contributed by atoms with E-state index in [2.05, 4.69) is 5.32 Å². The number of carbonyl (C=O) groups is 3. The predicted octanol–water partition coefficient (Wildman–Crippen LogP) is 1.76. The second kappa shape index (κ2) is 7.03. The smallest absolute Gasteiger partial charge is 0.332 e. The van der Waals surface area contributed by atoms with E-state index in [0.29, 0.717) is 36.5 Å². The molecule has 2 aromatic rings. The zero-order valence-electron chi connectivity index (χ0n) is 15.8. The number of hydrogen-bond donors (Lipinski definition) is 1. The van der Waals surface area contributed by atoms with Crippen molar-refractivity contribution in [2.75, 3.05) is 18.6 Å². The first-order valence-corrected chi connectivity index (χ1v) is 9.20. The Bertz CT molecular complexity index is 938. The fourth-order valence-electron chi connectivity index (χ4n) is 3.87. The van der Waals surface area contributed by atoms with Crippen molar-refractivity contribution in [3.63, 3.8) is 0 Å². The SMILES string of the molecule is COc1cccc(N2C(=O)C3CC(NC(=O)c4cccn4C)CCN3C2=O)c1. The predicted molar refractivity (Wildman–Crippen MR) is 102 cm³/mol. The number of carbonyl (C=O) groups excluding carboxylic acids is 3. The van der Waals surface area contributed by atoms with Gasteiger partial charge in [-0.05, 0) is 37.1 Å². The number of aromatic nitrogens is 1. The van der Waals surface area contributed by atoms with Gasteiger partial charge in [-0.3, -0.25) is 9.59 Å². The molecule has 3 heterocycles. The van der Waals surface area contributed by atoms with Crippen LogP contribution in [0.15, 0.2) is 42.6 Å². The fraction of sp³-hybridized carbons (Fsp3) is 0.350. The van der Waals surface area contributed by atoms with Crippen LogP contribution in [0.2, 0.25) is 0 Å². The maximum Gasteiger partial charge on any atom is 0.332 e. The Morgan fingerprint density at radius 3 is 2.75 bits per heavy atom. The molecule has 28 heavy (non-hydrogen) atoms. The number of amides is 4. The first-order chi connectivity index (χ1) is 13.5. The van der Waals surface area contributed by atoms with Crippen LogP contribution in [-0.2, 0) is 11.8 Å². The maximum absolute atomic E-state index is 13.0. The lowest BCUT2D eigenvalue weighted by molar-refractivity contribution is -0.120. The maximum atomic E-state index is 13.0. The van der Waals surface area contributed by atoms with Crippen LogP contribution in [0.3, 0.4) is 0 Å². The number of hydrogen-bond acceptors (Lipinski definition) is 4. The van der Waals surface area contributed by atoms with Crippen LogP contribution >= 0.6 is 0 Å². The zero-order chi connectivity index (χ0) is 19.8. The summed E-state index contributed by atoms with van der Waals surface area (Å²) in [6, 6.07) is 9.40. The Balaban J connectivity index is 1.50. The quantitative estimate of drug-likeness (QED) is 0.817. The van der Waals surface area contributed by atoms with Gasteiger partial charge in [0.2, 0.25) is 0 Å². The van der Waals surface area contributed by atoms with Crippen LogP contribution in [0.4, 0.5) is 10.5 Å². The van der Waals surface area contributed by atoms with Gasteiger partial charge in [-0.15, -0.1) is 0 Å².